The number of fused-ring (bicyclic) bond motifs is 1. The number of benzene rings is 2. The number of hydrogen-bond acceptors (Lipinski definition) is 4. The molecule has 0 aliphatic carbocycles. The Morgan fingerprint density at radius 2 is 1.78 bits per heavy atom. The first-order valence-corrected chi connectivity index (χ1v) is 8.92. The van der Waals surface area contributed by atoms with E-state index in [1.165, 1.54) is 4.90 Å². The molecular formula is C21H24N2O4. The number of rotatable bonds is 4. The molecule has 27 heavy (non-hydrogen) atoms. The van der Waals surface area contributed by atoms with Crippen LogP contribution in [0.2, 0.25) is 0 Å². The van der Waals surface area contributed by atoms with Crippen LogP contribution < -0.4 is 5.73 Å². The Morgan fingerprint density at radius 3 is 2.37 bits per heavy atom. The van der Waals surface area contributed by atoms with Crippen molar-refractivity contribution in [2.45, 2.75) is 45.3 Å². The van der Waals surface area contributed by atoms with Gasteiger partial charge in [-0.15, -0.1) is 0 Å². The second kappa shape index (κ2) is 7.40. The summed E-state index contributed by atoms with van der Waals surface area (Å²) in [6.45, 7) is 3.96. The smallest absolute Gasteiger partial charge is 0.326 e. The van der Waals surface area contributed by atoms with Crippen molar-refractivity contribution < 1.29 is 19.8 Å². The first-order valence-electron chi connectivity index (χ1n) is 8.92. The number of phenolic OH excluding ortho intramolecular Hbond substituents is 1. The molecule has 0 radical (unpaired) electrons. The van der Waals surface area contributed by atoms with Crippen molar-refractivity contribution in [1.82, 2.24) is 4.90 Å². The number of aryl methyl sites for hydroxylation is 2. The minimum atomic E-state index is -1.03. The quantitative estimate of drug-likeness (QED) is 0.765. The molecule has 1 aliphatic heterocycles. The van der Waals surface area contributed by atoms with E-state index in [1.807, 2.05) is 38.1 Å². The Hall–Kier alpha value is -2.86. The molecule has 4 N–H and O–H groups in total. The van der Waals surface area contributed by atoms with Crippen molar-refractivity contribution in [3.05, 3.63) is 64.2 Å². The molecule has 0 aromatic heterocycles. The summed E-state index contributed by atoms with van der Waals surface area (Å²) in [7, 11) is 0. The Labute approximate surface area is 158 Å². The van der Waals surface area contributed by atoms with E-state index in [2.05, 4.69) is 0 Å². The Bertz CT molecular complexity index is 870. The molecule has 1 amide bonds. The van der Waals surface area contributed by atoms with Crippen LogP contribution in [0, 0.1) is 13.8 Å². The number of carboxylic acids is 1. The molecule has 2 unspecified atom stereocenters. The van der Waals surface area contributed by atoms with E-state index in [1.54, 1.807) is 12.1 Å². The Kier molecular flexibility index (Phi) is 5.19. The van der Waals surface area contributed by atoms with E-state index in [4.69, 9.17) is 5.73 Å². The summed E-state index contributed by atoms with van der Waals surface area (Å²) in [5, 5.41) is 19.3. The monoisotopic (exact) mass is 368 g/mol. The number of amides is 1. The molecule has 2 aromatic rings. The number of carbonyl (C=O) groups is 2. The fraction of sp³-hybridized carbons (Fsp3) is 0.333. The molecule has 0 bridgehead atoms. The van der Waals surface area contributed by atoms with Gasteiger partial charge in [0.05, 0.1) is 6.04 Å². The lowest BCUT2D eigenvalue weighted by atomic mass is 9.92. The van der Waals surface area contributed by atoms with Gasteiger partial charge in [-0.05, 0) is 60.2 Å². The Balaban J connectivity index is 1.84. The number of aromatic hydroxyl groups is 1. The maximum Gasteiger partial charge on any atom is 0.326 e. The third kappa shape index (κ3) is 3.80. The summed E-state index contributed by atoms with van der Waals surface area (Å²) in [5.41, 5.74) is 10.7. The molecule has 3 rings (SSSR count). The van der Waals surface area contributed by atoms with E-state index in [-0.39, 0.29) is 24.6 Å². The standard InChI is InChI=1S/C21H24N2O4/c1-12-7-16(24)8-13(2)17(12)10-18(22)20(25)23-11-15-6-4-3-5-14(15)9-19(23)21(26)27/h3-8,18-19,24H,9-11,22H2,1-2H3,(H,26,27). The average molecular weight is 368 g/mol. The number of phenols is 1. The van der Waals surface area contributed by atoms with Crippen molar-refractivity contribution in [1.29, 1.82) is 0 Å². The number of hydrogen-bond donors (Lipinski definition) is 3. The van der Waals surface area contributed by atoms with E-state index < -0.39 is 18.1 Å². The lowest BCUT2D eigenvalue weighted by Gasteiger charge is -2.36. The van der Waals surface area contributed by atoms with E-state index in [9.17, 15) is 19.8 Å². The van der Waals surface area contributed by atoms with Crippen LogP contribution in [-0.4, -0.2) is 39.1 Å². The lowest BCUT2D eigenvalue weighted by molar-refractivity contribution is -0.152. The zero-order valence-corrected chi connectivity index (χ0v) is 15.5. The number of carboxylic acid groups (broad SMARTS) is 1. The van der Waals surface area contributed by atoms with Gasteiger partial charge in [0.1, 0.15) is 11.8 Å². The highest BCUT2D eigenvalue weighted by atomic mass is 16.4. The highest BCUT2D eigenvalue weighted by molar-refractivity contribution is 5.88. The van der Waals surface area contributed by atoms with Gasteiger partial charge in [0.2, 0.25) is 5.91 Å². The van der Waals surface area contributed by atoms with Gasteiger partial charge in [0.25, 0.3) is 0 Å². The molecular weight excluding hydrogens is 344 g/mol. The average Bonchev–Trinajstić information content (AvgIpc) is 2.62. The highest BCUT2D eigenvalue weighted by Gasteiger charge is 2.36. The maximum atomic E-state index is 13.0. The molecule has 6 nitrogen and oxygen atoms in total. The fourth-order valence-electron chi connectivity index (χ4n) is 3.79. The number of carbonyl (C=O) groups excluding carboxylic acids is 1. The summed E-state index contributed by atoms with van der Waals surface area (Å²) in [6, 6.07) is 9.07. The third-order valence-corrected chi connectivity index (χ3v) is 5.24. The van der Waals surface area contributed by atoms with Gasteiger partial charge in [-0.2, -0.15) is 0 Å². The normalized spacial score (nSPS) is 17.3. The van der Waals surface area contributed by atoms with Crippen molar-refractivity contribution in [2.75, 3.05) is 0 Å². The third-order valence-electron chi connectivity index (χ3n) is 5.24. The maximum absolute atomic E-state index is 13.0. The minimum Gasteiger partial charge on any atom is -0.508 e. The van der Waals surface area contributed by atoms with Crippen LogP contribution in [-0.2, 0) is 29.0 Å². The first-order chi connectivity index (χ1) is 12.8. The summed E-state index contributed by atoms with van der Waals surface area (Å²) >= 11 is 0. The second-order valence-corrected chi connectivity index (χ2v) is 7.16. The molecule has 1 aliphatic rings. The molecule has 142 valence electrons. The van der Waals surface area contributed by atoms with Crippen molar-refractivity contribution in [3.63, 3.8) is 0 Å². The van der Waals surface area contributed by atoms with Crippen LogP contribution in [0.4, 0.5) is 0 Å². The Morgan fingerprint density at radius 1 is 1.19 bits per heavy atom. The summed E-state index contributed by atoms with van der Waals surface area (Å²) < 4.78 is 0. The topological polar surface area (TPSA) is 104 Å². The molecule has 2 aromatic carbocycles. The SMILES string of the molecule is Cc1cc(O)cc(C)c1CC(N)C(=O)N1Cc2ccccc2CC1C(=O)O. The predicted octanol–water partition coefficient (Wildman–Crippen LogP) is 1.92. The van der Waals surface area contributed by atoms with Gasteiger partial charge >= 0.3 is 5.97 Å². The van der Waals surface area contributed by atoms with Crippen LogP contribution in [0.5, 0.6) is 5.75 Å². The van der Waals surface area contributed by atoms with Crippen molar-refractivity contribution in [3.8, 4) is 5.75 Å². The van der Waals surface area contributed by atoms with Gasteiger partial charge < -0.3 is 20.8 Å². The van der Waals surface area contributed by atoms with E-state index >= 15 is 0 Å². The van der Waals surface area contributed by atoms with Gasteiger partial charge in [0, 0.05) is 13.0 Å². The molecule has 2 atom stereocenters. The van der Waals surface area contributed by atoms with Crippen LogP contribution in [0.1, 0.15) is 27.8 Å². The minimum absolute atomic E-state index is 0.173. The fourth-order valence-corrected chi connectivity index (χ4v) is 3.79. The van der Waals surface area contributed by atoms with Gasteiger partial charge in [-0.25, -0.2) is 4.79 Å². The van der Waals surface area contributed by atoms with E-state index in [0.717, 1.165) is 27.8 Å². The van der Waals surface area contributed by atoms with Gasteiger partial charge in [-0.3, -0.25) is 4.79 Å². The van der Waals surface area contributed by atoms with Gasteiger partial charge in [0.15, 0.2) is 0 Å². The zero-order chi connectivity index (χ0) is 19.7. The summed E-state index contributed by atoms with van der Waals surface area (Å²) in [6.07, 6.45) is 0.572. The molecule has 1 heterocycles. The van der Waals surface area contributed by atoms with Gasteiger partial charge in [-0.1, -0.05) is 24.3 Å². The predicted molar refractivity (Wildman–Crippen MR) is 101 cm³/mol. The molecule has 0 saturated carbocycles. The lowest BCUT2D eigenvalue weighted by Crippen LogP contribution is -2.54. The largest absolute Gasteiger partial charge is 0.508 e. The molecule has 0 spiro atoms. The van der Waals surface area contributed by atoms with Crippen LogP contribution >= 0.6 is 0 Å². The second-order valence-electron chi connectivity index (χ2n) is 7.16. The number of aliphatic carboxylic acids is 1. The van der Waals surface area contributed by atoms with E-state index in [0.29, 0.717) is 6.42 Å². The highest BCUT2D eigenvalue weighted by Crippen LogP contribution is 2.26. The molecule has 0 fully saturated rings. The molecule has 6 heteroatoms. The molecule has 0 saturated heterocycles. The van der Waals surface area contributed by atoms with Crippen molar-refractivity contribution in [2.24, 2.45) is 5.73 Å². The summed E-state index contributed by atoms with van der Waals surface area (Å²) in [5.74, 6) is -1.22. The van der Waals surface area contributed by atoms with Crippen LogP contribution in [0.15, 0.2) is 36.4 Å². The van der Waals surface area contributed by atoms with Crippen LogP contribution in [0.3, 0.4) is 0 Å². The number of nitrogens with two attached hydrogens (primary N) is 1. The number of nitrogens with zero attached hydrogens (tertiary/aromatic N) is 1. The van der Waals surface area contributed by atoms with Crippen LogP contribution in [0.25, 0.3) is 0 Å². The summed E-state index contributed by atoms with van der Waals surface area (Å²) in [4.78, 5) is 26.1. The first kappa shape index (κ1) is 18.9. The zero-order valence-electron chi connectivity index (χ0n) is 15.5. The van der Waals surface area contributed by atoms with Crippen molar-refractivity contribution >= 4 is 11.9 Å².